The number of fused-ring (bicyclic) bond motifs is 1. The van der Waals surface area contributed by atoms with Gasteiger partial charge in [-0.2, -0.15) is 0 Å². The van der Waals surface area contributed by atoms with E-state index in [9.17, 15) is 4.79 Å². The van der Waals surface area contributed by atoms with E-state index in [0.29, 0.717) is 12.1 Å². The van der Waals surface area contributed by atoms with Crippen LogP contribution in [0.1, 0.15) is 30.4 Å². The van der Waals surface area contributed by atoms with Gasteiger partial charge in [-0.15, -0.1) is 0 Å². The number of benzene rings is 1. The summed E-state index contributed by atoms with van der Waals surface area (Å²) in [5.41, 5.74) is 2.85. The Morgan fingerprint density at radius 3 is 2.61 bits per heavy atom. The quantitative estimate of drug-likeness (QED) is 0.929. The fraction of sp³-hybridized carbons (Fsp3) is 0.611. The van der Waals surface area contributed by atoms with E-state index < -0.39 is 0 Å². The van der Waals surface area contributed by atoms with Gasteiger partial charge in [-0.25, -0.2) is 4.79 Å². The number of likely N-dealkylation sites (tertiary alicyclic amines) is 1. The molecular formula is C18H26N2O3. The predicted octanol–water partition coefficient (Wildman–Crippen LogP) is 2.37. The number of nitrogens with zero attached hydrogens (tertiary/aromatic N) is 1. The Morgan fingerprint density at radius 1 is 1.13 bits per heavy atom. The molecular weight excluding hydrogens is 292 g/mol. The van der Waals surface area contributed by atoms with Gasteiger partial charge in [0, 0.05) is 25.2 Å². The molecule has 23 heavy (non-hydrogen) atoms. The van der Waals surface area contributed by atoms with E-state index in [1.165, 1.54) is 24.7 Å². The van der Waals surface area contributed by atoms with Crippen molar-refractivity contribution in [3.05, 3.63) is 29.3 Å². The molecule has 1 amide bonds. The number of carbonyl (C=O) groups is 1. The SMILES string of the molecule is COC(=O)N1CCC(NC2CCc3ccc(OC)cc3C2)CC1. The van der Waals surface area contributed by atoms with Crippen LogP contribution in [-0.4, -0.2) is 50.4 Å². The number of piperidine rings is 1. The number of amides is 1. The van der Waals surface area contributed by atoms with Gasteiger partial charge >= 0.3 is 6.09 Å². The second-order valence-electron chi connectivity index (χ2n) is 6.47. The van der Waals surface area contributed by atoms with Crippen LogP contribution in [-0.2, 0) is 17.6 Å². The first-order chi connectivity index (χ1) is 11.2. The second kappa shape index (κ2) is 7.21. The van der Waals surface area contributed by atoms with Gasteiger partial charge < -0.3 is 19.7 Å². The van der Waals surface area contributed by atoms with Crippen molar-refractivity contribution < 1.29 is 14.3 Å². The van der Waals surface area contributed by atoms with Crippen LogP contribution in [0.2, 0.25) is 0 Å². The number of ether oxygens (including phenoxy) is 2. The highest BCUT2D eigenvalue weighted by Gasteiger charge is 2.26. The molecule has 1 aliphatic carbocycles. The maximum atomic E-state index is 11.5. The molecule has 1 aliphatic heterocycles. The molecule has 3 rings (SSSR count). The average molecular weight is 318 g/mol. The first kappa shape index (κ1) is 16.1. The number of aryl methyl sites for hydroxylation is 1. The highest BCUT2D eigenvalue weighted by atomic mass is 16.5. The standard InChI is InChI=1S/C18H26N2O3/c1-22-17-6-4-13-3-5-16(11-14(13)12-17)19-15-7-9-20(10-8-15)18(21)23-2/h4,6,12,15-16,19H,3,5,7-11H2,1-2H3. The molecule has 1 unspecified atom stereocenters. The Balaban J connectivity index is 1.53. The normalized spacial score (nSPS) is 21.7. The van der Waals surface area contributed by atoms with Crippen LogP contribution >= 0.6 is 0 Å². The lowest BCUT2D eigenvalue weighted by atomic mass is 9.87. The van der Waals surface area contributed by atoms with Crippen molar-refractivity contribution in [1.29, 1.82) is 0 Å². The number of methoxy groups -OCH3 is 2. The summed E-state index contributed by atoms with van der Waals surface area (Å²) in [5.74, 6) is 0.941. The lowest BCUT2D eigenvalue weighted by Crippen LogP contribution is -2.49. The largest absolute Gasteiger partial charge is 0.497 e. The third kappa shape index (κ3) is 3.78. The highest BCUT2D eigenvalue weighted by molar-refractivity contribution is 5.67. The van der Waals surface area contributed by atoms with E-state index in [-0.39, 0.29) is 6.09 Å². The number of carbonyl (C=O) groups excluding carboxylic acids is 1. The van der Waals surface area contributed by atoms with E-state index in [2.05, 4.69) is 23.5 Å². The second-order valence-corrected chi connectivity index (χ2v) is 6.47. The smallest absolute Gasteiger partial charge is 0.409 e. The zero-order valence-electron chi connectivity index (χ0n) is 14.0. The van der Waals surface area contributed by atoms with Gasteiger partial charge in [-0.1, -0.05) is 6.07 Å². The van der Waals surface area contributed by atoms with Crippen molar-refractivity contribution in [3.8, 4) is 5.75 Å². The van der Waals surface area contributed by atoms with Gasteiger partial charge in [-0.05, 0) is 55.4 Å². The predicted molar refractivity (Wildman–Crippen MR) is 88.9 cm³/mol. The summed E-state index contributed by atoms with van der Waals surface area (Å²) in [6.45, 7) is 1.56. The topological polar surface area (TPSA) is 50.8 Å². The van der Waals surface area contributed by atoms with Crippen LogP contribution in [0.3, 0.4) is 0 Å². The summed E-state index contributed by atoms with van der Waals surface area (Å²) in [6, 6.07) is 7.43. The molecule has 0 spiro atoms. The first-order valence-corrected chi connectivity index (χ1v) is 8.44. The summed E-state index contributed by atoms with van der Waals surface area (Å²) >= 11 is 0. The van der Waals surface area contributed by atoms with Crippen LogP contribution in [0.5, 0.6) is 5.75 Å². The van der Waals surface area contributed by atoms with Gasteiger partial charge in [0.1, 0.15) is 5.75 Å². The molecule has 126 valence electrons. The van der Waals surface area contributed by atoms with Crippen molar-refractivity contribution in [2.24, 2.45) is 0 Å². The van der Waals surface area contributed by atoms with E-state index >= 15 is 0 Å². The molecule has 0 saturated carbocycles. The fourth-order valence-corrected chi connectivity index (χ4v) is 3.69. The van der Waals surface area contributed by atoms with E-state index in [4.69, 9.17) is 9.47 Å². The molecule has 1 fully saturated rings. The fourth-order valence-electron chi connectivity index (χ4n) is 3.69. The van der Waals surface area contributed by atoms with Crippen molar-refractivity contribution in [2.75, 3.05) is 27.3 Å². The van der Waals surface area contributed by atoms with E-state index in [1.54, 1.807) is 12.0 Å². The summed E-state index contributed by atoms with van der Waals surface area (Å²) in [4.78, 5) is 13.3. The molecule has 0 radical (unpaired) electrons. The van der Waals surface area contributed by atoms with Crippen LogP contribution in [0.4, 0.5) is 4.79 Å². The summed E-state index contributed by atoms with van der Waals surface area (Å²) in [5, 5.41) is 3.79. The molecule has 1 aromatic carbocycles. The van der Waals surface area contributed by atoms with Crippen LogP contribution in [0.25, 0.3) is 0 Å². The highest BCUT2D eigenvalue weighted by Crippen LogP contribution is 2.26. The molecule has 0 aromatic heterocycles. The molecule has 0 bridgehead atoms. The molecule has 1 heterocycles. The molecule has 1 N–H and O–H groups in total. The van der Waals surface area contributed by atoms with Crippen molar-refractivity contribution in [3.63, 3.8) is 0 Å². The molecule has 5 nitrogen and oxygen atoms in total. The van der Waals surface area contributed by atoms with Gasteiger partial charge in [0.25, 0.3) is 0 Å². The maximum Gasteiger partial charge on any atom is 0.409 e. The van der Waals surface area contributed by atoms with Crippen molar-refractivity contribution in [1.82, 2.24) is 10.2 Å². The van der Waals surface area contributed by atoms with Crippen LogP contribution in [0.15, 0.2) is 18.2 Å². The monoisotopic (exact) mass is 318 g/mol. The zero-order valence-corrected chi connectivity index (χ0v) is 14.0. The molecule has 1 aromatic rings. The van der Waals surface area contributed by atoms with Gasteiger partial charge in [-0.3, -0.25) is 0 Å². The minimum Gasteiger partial charge on any atom is -0.497 e. The summed E-state index contributed by atoms with van der Waals surface area (Å²) in [6.07, 6.45) is 5.15. The number of nitrogens with one attached hydrogen (secondary N) is 1. The van der Waals surface area contributed by atoms with Gasteiger partial charge in [0.15, 0.2) is 0 Å². The Labute approximate surface area is 137 Å². The van der Waals surface area contributed by atoms with Gasteiger partial charge in [0.05, 0.1) is 14.2 Å². The Kier molecular flexibility index (Phi) is 5.06. The van der Waals surface area contributed by atoms with E-state index in [1.807, 2.05) is 0 Å². The maximum absolute atomic E-state index is 11.5. The minimum absolute atomic E-state index is 0.206. The Hall–Kier alpha value is -1.75. The Bertz CT molecular complexity index is 553. The van der Waals surface area contributed by atoms with Crippen molar-refractivity contribution >= 4 is 6.09 Å². The third-order valence-electron chi connectivity index (χ3n) is 5.04. The summed E-state index contributed by atoms with van der Waals surface area (Å²) < 4.78 is 10.1. The van der Waals surface area contributed by atoms with Crippen LogP contribution in [0, 0.1) is 0 Å². The van der Waals surface area contributed by atoms with Crippen LogP contribution < -0.4 is 10.1 Å². The lowest BCUT2D eigenvalue weighted by molar-refractivity contribution is 0.108. The number of hydrogen-bond acceptors (Lipinski definition) is 4. The lowest BCUT2D eigenvalue weighted by Gasteiger charge is -2.35. The molecule has 1 saturated heterocycles. The average Bonchev–Trinajstić information content (AvgIpc) is 2.61. The molecule has 2 aliphatic rings. The number of hydrogen-bond donors (Lipinski definition) is 1. The minimum atomic E-state index is -0.206. The molecule has 1 atom stereocenters. The number of rotatable bonds is 3. The first-order valence-electron chi connectivity index (χ1n) is 8.44. The van der Waals surface area contributed by atoms with Crippen molar-refractivity contribution in [2.45, 2.75) is 44.2 Å². The zero-order chi connectivity index (χ0) is 16.2. The van der Waals surface area contributed by atoms with E-state index in [0.717, 1.165) is 44.5 Å². The van der Waals surface area contributed by atoms with Gasteiger partial charge in [0.2, 0.25) is 0 Å². The summed E-state index contributed by atoms with van der Waals surface area (Å²) in [7, 11) is 3.16. The molecule has 5 heteroatoms. The Morgan fingerprint density at radius 2 is 1.91 bits per heavy atom. The third-order valence-corrected chi connectivity index (χ3v) is 5.04.